The number of hydrogen-bond acceptors (Lipinski definition) is 3. The summed E-state index contributed by atoms with van der Waals surface area (Å²) in [6, 6.07) is 7.68. The van der Waals surface area contributed by atoms with Crippen molar-refractivity contribution in [3.63, 3.8) is 0 Å². The lowest BCUT2D eigenvalue weighted by molar-refractivity contribution is 0.304. The van der Waals surface area contributed by atoms with Gasteiger partial charge in [-0.25, -0.2) is 0 Å². The van der Waals surface area contributed by atoms with E-state index in [1.165, 1.54) is 44.9 Å². The van der Waals surface area contributed by atoms with Gasteiger partial charge in [0.05, 0.1) is 12.3 Å². The normalized spacial score (nSPS) is 11.6. The van der Waals surface area contributed by atoms with E-state index in [1.54, 1.807) is 6.92 Å². The van der Waals surface area contributed by atoms with Crippen molar-refractivity contribution in [2.24, 2.45) is 5.16 Å². The molecule has 21 heavy (non-hydrogen) atoms. The van der Waals surface area contributed by atoms with Gasteiger partial charge in [-0.05, 0) is 43.2 Å². The van der Waals surface area contributed by atoms with Crippen molar-refractivity contribution < 1.29 is 9.94 Å². The van der Waals surface area contributed by atoms with Gasteiger partial charge < -0.3 is 9.94 Å². The Morgan fingerprint density at radius 3 is 2.10 bits per heavy atom. The molecular weight excluding hydrogens is 262 g/mol. The second-order valence-corrected chi connectivity index (χ2v) is 5.53. The second kappa shape index (κ2) is 11.2. The average molecular weight is 291 g/mol. The molecule has 1 rings (SSSR count). The maximum atomic E-state index is 8.71. The predicted molar refractivity (Wildman–Crippen MR) is 88.5 cm³/mol. The van der Waals surface area contributed by atoms with E-state index >= 15 is 0 Å². The largest absolute Gasteiger partial charge is 0.494 e. The molecule has 0 spiro atoms. The standard InChI is InChI=1S/C18H29NO2/c1-3-4-5-6-7-8-9-10-15-21-18-13-11-17(12-14-18)16(2)19-20/h11-14,20H,3-10,15H2,1-2H3/b19-16+. The Labute approximate surface area is 129 Å². The van der Waals surface area contributed by atoms with Crippen molar-refractivity contribution in [1.29, 1.82) is 0 Å². The fraction of sp³-hybridized carbons (Fsp3) is 0.611. The molecule has 1 aromatic carbocycles. The summed E-state index contributed by atoms with van der Waals surface area (Å²) in [5.74, 6) is 0.882. The Bertz CT molecular complexity index is 398. The Morgan fingerprint density at radius 2 is 1.52 bits per heavy atom. The van der Waals surface area contributed by atoms with Crippen LogP contribution in [0, 0.1) is 0 Å². The van der Waals surface area contributed by atoms with Crippen LogP contribution in [0.1, 0.15) is 70.8 Å². The quantitative estimate of drug-likeness (QED) is 0.256. The number of hydrogen-bond donors (Lipinski definition) is 1. The number of nitrogens with zero attached hydrogens (tertiary/aromatic N) is 1. The van der Waals surface area contributed by atoms with Crippen molar-refractivity contribution in [3.8, 4) is 5.75 Å². The summed E-state index contributed by atoms with van der Waals surface area (Å²) in [6.45, 7) is 4.81. The highest BCUT2D eigenvalue weighted by Gasteiger charge is 1.99. The Balaban J connectivity index is 2.08. The Kier molecular flexibility index (Phi) is 9.34. The van der Waals surface area contributed by atoms with Gasteiger partial charge in [0.1, 0.15) is 5.75 Å². The van der Waals surface area contributed by atoms with Gasteiger partial charge in [0, 0.05) is 0 Å². The average Bonchev–Trinajstić information content (AvgIpc) is 2.53. The third-order valence-electron chi connectivity index (χ3n) is 3.69. The predicted octanol–water partition coefficient (Wildman–Crippen LogP) is 5.40. The number of oxime groups is 1. The fourth-order valence-electron chi connectivity index (χ4n) is 2.28. The summed E-state index contributed by atoms with van der Waals surface area (Å²) < 4.78 is 5.72. The molecule has 1 N–H and O–H groups in total. The summed E-state index contributed by atoms with van der Waals surface area (Å²) in [4.78, 5) is 0. The lowest BCUT2D eigenvalue weighted by atomic mass is 10.1. The number of benzene rings is 1. The van der Waals surface area contributed by atoms with E-state index in [9.17, 15) is 0 Å². The van der Waals surface area contributed by atoms with Crippen LogP contribution in [0.5, 0.6) is 5.75 Å². The van der Waals surface area contributed by atoms with Gasteiger partial charge in [0.25, 0.3) is 0 Å². The summed E-state index contributed by atoms with van der Waals surface area (Å²) >= 11 is 0. The lowest BCUT2D eigenvalue weighted by Gasteiger charge is -2.07. The van der Waals surface area contributed by atoms with Gasteiger partial charge >= 0.3 is 0 Å². The second-order valence-electron chi connectivity index (χ2n) is 5.53. The zero-order valence-electron chi connectivity index (χ0n) is 13.5. The van der Waals surface area contributed by atoms with Crippen molar-refractivity contribution >= 4 is 5.71 Å². The zero-order valence-corrected chi connectivity index (χ0v) is 13.5. The highest BCUT2D eigenvalue weighted by molar-refractivity contribution is 5.98. The highest BCUT2D eigenvalue weighted by atomic mass is 16.5. The monoisotopic (exact) mass is 291 g/mol. The molecule has 0 saturated heterocycles. The molecule has 0 heterocycles. The fourth-order valence-corrected chi connectivity index (χ4v) is 2.28. The molecule has 118 valence electrons. The van der Waals surface area contributed by atoms with Crippen molar-refractivity contribution in [2.75, 3.05) is 6.61 Å². The number of ether oxygens (including phenoxy) is 1. The van der Waals surface area contributed by atoms with Gasteiger partial charge in [-0.2, -0.15) is 0 Å². The van der Waals surface area contributed by atoms with E-state index in [0.29, 0.717) is 5.71 Å². The van der Waals surface area contributed by atoms with E-state index in [1.807, 2.05) is 24.3 Å². The van der Waals surface area contributed by atoms with E-state index in [4.69, 9.17) is 9.94 Å². The van der Waals surface area contributed by atoms with E-state index in [2.05, 4.69) is 12.1 Å². The first-order valence-corrected chi connectivity index (χ1v) is 8.19. The maximum Gasteiger partial charge on any atom is 0.119 e. The lowest BCUT2D eigenvalue weighted by Crippen LogP contribution is -1.98. The third kappa shape index (κ3) is 7.74. The highest BCUT2D eigenvalue weighted by Crippen LogP contribution is 2.14. The van der Waals surface area contributed by atoms with E-state index < -0.39 is 0 Å². The van der Waals surface area contributed by atoms with Crippen LogP contribution in [0.4, 0.5) is 0 Å². The molecule has 0 unspecified atom stereocenters. The molecule has 1 aromatic rings. The van der Waals surface area contributed by atoms with Crippen LogP contribution in [-0.2, 0) is 0 Å². The molecule has 0 aromatic heterocycles. The molecule has 0 aliphatic carbocycles. The van der Waals surface area contributed by atoms with Gasteiger partial charge in [0.2, 0.25) is 0 Å². The SMILES string of the molecule is CCCCCCCCCCOc1ccc(/C(C)=N/O)cc1. The molecule has 0 atom stereocenters. The van der Waals surface area contributed by atoms with Crippen LogP contribution in [0.15, 0.2) is 29.4 Å². The van der Waals surface area contributed by atoms with Crippen LogP contribution in [-0.4, -0.2) is 17.5 Å². The van der Waals surface area contributed by atoms with Crippen LogP contribution in [0.3, 0.4) is 0 Å². The molecule has 3 nitrogen and oxygen atoms in total. The minimum Gasteiger partial charge on any atom is -0.494 e. The van der Waals surface area contributed by atoms with Gasteiger partial charge in [0.15, 0.2) is 0 Å². The molecule has 0 amide bonds. The maximum absolute atomic E-state index is 8.71. The number of rotatable bonds is 11. The summed E-state index contributed by atoms with van der Waals surface area (Å²) in [5.41, 5.74) is 1.53. The van der Waals surface area contributed by atoms with Crippen LogP contribution < -0.4 is 4.74 Å². The van der Waals surface area contributed by atoms with Gasteiger partial charge in [-0.1, -0.05) is 57.0 Å². The molecule has 3 heteroatoms. The van der Waals surface area contributed by atoms with Crippen molar-refractivity contribution in [1.82, 2.24) is 0 Å². The number of unbranched alkanes of at least 4 members (excludes halogenated alkanes) is 7. The van der Waals surface area contributed by atoms with Crippen LogP contribution in [0.25, 0.3) is 0 Å². The summed E-state index contributed by atoms with van der Waals surface area (Å²) in [6.07, 6.45) is 10.5. The molecule has 0 saturated carbocycles. The molecule has 0 aliphatic heterocycles. The minimum atomic E-state index is 0.615. The molecule has 0 aliphatic rings. The van der Waals surface area contributed by atoms with Crippen molar-refractivity contribution in [2.45, 2.75) is 65.2 Å². The topological polar surface area (TPSA) is 41.8 Å². The van der Waals surface area contributed by atoms with Gasteiger partial charge in [-0.3, -0.25) is 0 Å². The first-order valence-electron chi connectivity index (χ1n) is 8.19. The van der Waals surface area contributed by atoms with Crippen molar-refractivity contribution in [3.05, 3.63) is 29.8 Å². The van der Waals surface area contributed by atoms with Crippen LogP contribution >= 0.6 is 0 Å². The molecule has 0 radical (unpaired) electrons. The first-order chi connectivity index (χ1) is 10.3. The zero-order chi connectivity index (χ0) is 15.3. The smallest absolute Gasteiger partial charge is 0.119 e. The third-order valence-corrected chi connectivity index (χ3v) is 3.69. The first kappa shape index (κ1) is 17.5. The summed E-state index contributed by atoms with van der Waals surface area (Å²) in [5, 5.41) is 11.9. The molecular formula is C18H29NO2. The minimum absolute atomic E-state index is 0.615. The van der Waals surface area contributed by atoms with Gasteiger partial charge in [-0.15, -0.1) is 0 Å². The summed E-state index contributed by atoms with van der Waals surface area (Å²) in [7, 11) is 0. The Hall–Kier alpha value is -1.51. The van der Waals surface area contributed by atoms with E-state index in [-0.39, 0.29) is 0 Å². The van der Waals surface area contributed by atoms with E-state index in [0.717, 1.165) is 24.3 Å². The van der Waals surface area contributed by atoms with Crippen LogP contribution in [0.2, 0.25) is 0 Å². The molecule has 0 bridgehead atoms. The molecule has 0 fully saturated rings. The Morgan fingerprint density at radius 1 is 0.952 bits per heavy atom.